The SMILES string of the molecule is CCN(C(=O)c1cc(F)ccc1-c1cc(C2CN(C(CCN3CCN(CCO)CC3)C(C)C)C2)cn2c(C)ncc12)C(C)C. The van der Waals surface area contributed by atoms with Gasteiger partial charge in [-0.15, -0.1) is 0 Å². The van der Waals surface area contributed by atoms with Crippen LogP contribution in [-0.2, 0) is 0 Å². The Kier molecular flexibility index (Phi) is 10.4. The maximum absolute atomic E-state index is 14.6. The zero-order chi connectivity index (χ0) is 31.5. The molecule has 9 heteroatoms. The maximum Gasteiger partial charge on any atom is 0.254 e. The van der Waals surface area contributed by atoms with E-state index >= 15 is 0 Å². The van der Waals surface area contributed by atoms with Gasteiger partial charge in [0.05, 0.1) is 23.9 Å². The molecule has 2 aromatic heterocycles. The average Bonchev–Trinajstić information content (AvgIpc) is 3.35. The average molecular weight is 607 g/mol. The number of hydrogen-bond donors (Lipinski definition) is 1. The highest BCUT2D eigenvalue weighted by Crippen LogP contribution is 2.37. The molecule has 2 aliphatic heterocycles. The van der Waals surface area contributed by atoms with Crippen LogP contribution in [-0.4, -0.2) is 118 Å². The highest BCUT2D eigenvalue weighted by atomic mass is 19.1. The van der Waals surface area contributed by atoms with Crippen molar-refractivity contribution in [3.05, 3.63) is 59.4 Å². The summed E-state index contributed by atoms with van der Waals surface area (Å²) in [5.74, 6) is 1.28. The van der Waals surface area contributed by atoms with Gasteiger partial charge < -0.3 is 19.3 Å². The molecule has 1 unspecified atom stereocenters. The standard InChI is InChI=1S/C35H51FN6O2/c1-7-41(25(4)5)35(44)32-19-29(36)8-9-30(32)31-18-27(23-42-26(6)37-20-34(31)42)28-21-40(22-28)33(24(2)3)10-11-38-12-14-39(15-13-38)16-17-43/h8-9,18-20,23-25,28,33,43H,7,10-17,21-22H2,1-6H3. The molecule has 1 N–H and O–H groups in total. The number of imidazole rings is 1. The quantitative estimate of drug-likeness (QED) is 0.321. The van der Waals surface area contributed by atoms with Crippen molar-refractivity contribution in [2.45, 2.75) is 66.0 Å². The van der Waals surface area contributed by atoms with Crippen LogP contribution in [0.15, 0.2) is 36.7 Å². The zero-order valence-corrected chi connectivity index (χ0v) is 27.5. The number of pyridine rings is 1. The summed E-state index contributed by atoms with van der Waals surface area (Å²) >= 11 is 0. The van der Waals surface area contributed by atoms with Crippen molar-refractivity contribution in [3.8, 4) is 11.1 Å². The Morgan fingerprint density at radius 2 is 1.73 bits per heavy atom. The molecule has 0 saturated carbocycles. The first-order valence-corrected chi connectivity index (χ1v) is 16.5. The summed E-state index contributed by atoms with van der Waals surface area (Å²) < 4.78 is 16.7. The van der Waals surface area contributed by atoms with Crippen LogP contribution in [0.2, 0.25) is 0 Å². The van der Waals surface area contributed by atoms with Crippen LogP contribution in [0.3, 0.4) is 0 Å². The van der Waals surface area contributed by atoms with Crippen molar-refractivity contribution in [2.24, 2.45) is 5.92 Å². The summed E-state index contributed by atoms with van der Waals surface area (Å²) in [6.45, 7) is 21.5. The third-order valence-electron chi connectivity index (χ3n) is 9.82. The number of carbonyl (C=O) groups is 1. The molecule has 240 valence electrons. The summed E-state index contributed by atoms with van der Waals surface area (Å²) in [6, 6.07) is 7.35. The first-order chi connectivity index (χ1) is 21.1. The molecule has 2 aliphatic rings. The number of fused-ring (bicyclic) bond motifs is 1. The fourth-order valence-electron chi connectivity index (χ4n) is 7.13. The number of rotatable bonds is 12. The second-order valence-corrected chi connectivity index (χ2v) is 13.3. The van der Waals surface area contributed by atoms with Gasteiger partial charge in [0.25, 0.3) is 5.91 Å². The molecule has 0 aliphatic carbocycles. The lowest BCUT2D eigenvalue weighted by atomic mass is 9.85. The molecule has 5 rings (SSSR count). The largest absolute Gasteiger partial charge is 0.395 e. The number of aliphatic hydroxyl groups is 1. The van der Waals surface area contributed by atoms with Crippen molar-refractivity contribution >= 4 is 11.4 Å². The molecule has 0 radical (unpaired) electrons. The van der Waals surface area contributed by atoms with E-state index in [9.17, 15) is 14.3 Å². The Hall–Kier alpha value is -2.85. The Balaban J connectivity index is 1.36. The molecule has 1 amide bonds. The minimum atomic E-state index is -0.407. The van der Waals surface area contributed by atoms with Crippen molar-refractivity contribution in [1.82, 2.24) is 29.0 Å². The van der Waals surface area contributed by atoms with Gasteiger partial charge in [-0.2, -0.15) is 0 Å². The fraction of sp³-hybridized carbons (Fsp3) is 0.600. The lowest BCUT2D eigenvalue weighted by Crippen LogP contribution is -2.54. The van der Waals surface area contributed by atoms with E-state index in [1.807, 2.05) is 33.9 Å². The zero-order valence-electron chi connectivity index (χ0n) is 27.5. The number of β-amino-alcohol motifs (C(OH)–C–C–N with tert-alkyl or cyclic N) is 1. The number of piperazine rings is 1. The molecule has 3 aromatic rings. The fourth-order valence-corrected chi connectivity index (χ4v) is 7.13. The van der Waals surface area contributed by atoms with Crippen LogP contribution in [0.5, 0.6) is 0 Å². The predicted molar refractivity (Wildman–Crippen MR) is 175 cm³/mol. The normalized spacial score (nSPS) is 18.0. The number of amides is 1. The summed E-state index contributed by atoms with van der Waals surface area (Å²) in [6.07, 6.45) is 5.22. The van der Waals surface area contributed by atoms with E-state index in [1.54, 1.807) is 11.0 Å². The maximum atomic E-state index is 14.6. The number of aromatic nitrogens is 2. The lowest BCUT2D eigenvalue weighted by molar-refractivity contribution is 0.0459. The van der Waals surface area contributed by atoms with Gasteiger partial charge in [-0.25, -0.2) is 9.37 Å². The van der Waals surface area contributed by atoms with Crippen LogP contribution in [0.4, 0.5) is 4.39 Å². The molecule has 0 bridgehead atoms. The highest BCUT2D eigenvalue weighted by Gasteiger charge is 2.35. The summed E-state index contributed by atoms with van der Waals surface area (Å²) in [5.41, 5.74) is 4.22. The van der Waals surface area contributed by atoms with Crippen LogP contribution < -0.4 is 0 Å². The summed E-state index contributed by atoms with van der Waals surface area (Å²) in [4.78, 5) is 27.7. The molecular formula is C35H51FN6O2. The van der Waals surface area contributed by atoms with E-state index in [0.29, 0.717) is 30.0 Å². The van der Waals surface area contributed by atoms with E-state index in [1.165, 1.54) is 17.7 Å². The molecule has 4 heterocycles. The number of carbonyl (C=O) groups excluding carboxylic acids is 1. The van der Waals surface area contributed by atoms with Gasteiger partial charge in [0.1, 0.15) is 11.6 Å². The van der Waals surface area contributed by atoms with Crippen LogP contribution >= 0.6 is 0 Å². The van der Waals surface area contributed by atoms with E-state index in [0.717, 1.165) is 81.2 Å². The molecule has 2 saturated heterocycles. The number of likely N-dealkylation sites (tertiary alicyclic amines) is 1. The molecule has 2 fully saturated rings. The van der Waals surface area contributed by atoms with E-state index < -0.39 is 5.82 Å². The molecule has 8 nitrogen and oxygen atoms in total. The topological polar surface area (TPSA) is 67.6 Å². The monoisotopic (exact) mass is 606 g/mol. The number of hydrogen-bond acceptors (Lipinski definition) is 6. The minimum absolute atomic E-state index is 0.0120. The third kappa shape index (κ3) is 6.86. The van der Waals surface area contributed by atoms with Gasteiger partial charge in [0, 0.05) is 82.1 Å². The van der Waals surface area contributed by atoms with Crippen LogP contribution in [0.25, 0.3) is 16.6 Å². The molecule has 1 aromatic carbocycles. The molecular weight excluding hydrogens is 555 g/mol. The number of nitrogens with zero attached hydrogens (tertiary/aromatic N) is 6. The Morgan fingerprint density at radius 1 is 1.05 bits per heavy atom. The molecule has 1 atom stereocenters. The van der Waals surface area contributed by atoms with E-state index in [-0.39, 0.29) is 18.6 Å². The van der Waals surface area contributed by atoms with Gasteiger partial charge in [0.2, 0.25) is 0 Å². The highest BCUT2D eigenvalue weighted by molar-refractivity contribution is 6.03. The number of benzene rings is 1. The number of aliphatic hydroxyl groups excluding tert-OH is 1. The number of halogens is 1. The van der Waals surface area contributed by atoms with Crippen LogP contribution in [0, 0.1) is 18.7 Å². The van der Waals surface area contributed by atoms with Gasteiger partial charge in [0.15, 0.2) is 0 Å². The van der Waals surface area contributed by atoms with Crippen molar-refractivity contribution in [3.63, 3.8) is 0 Å². The molecule has 0 spiro atoms. The van der Waals surface area contributed by atoms with E-state index in [4.69, 9.17) is 0 Å². The Labute approximate surface area is 262 Å². The summed E-state index contributed by atoms with van der Waals surface area (Å²) in [7, 11) is 0. The summed E-state index contributed by atoms with van der Waals surface area (Å²) in [5, 5.41) is 9.24. The van der Waals surface area contributed by atoms with Crippen molar-refractivity contribution in [2.75, 3.05) is 65.5 Å². The van der Waals surface area contributed by atoms with Crippen molar-refractivity contribution in [1.29, 1.82) is 0 Å². The smallest absolute Gasteiger partial charge is 0.254 e. The minimum Gasteiger partial charge on any atom is -0.395 e. The lowest BCUT2D eigenvalue weighted by Gasteiger charge is -2.47. The predicted octanol–water partition coefficient (Wildman–Crippen LogP) is 4.74. The Bertz CT molecular complexity index is 1420. The number of aryl methyl sites for hydroxylation is 1. The second kappa shape index (κ2) is 14.1. The van der Waals surface area contributed by atoms with Gasteiger partial charge in [-0.1, -0.05) is 19.9 Å². The first kappa shape index (κ1) is 32.5. The van der Waals surface area contributed by atoms with Crippen LogP contribution in [0.1, 0.15) is 68.7 Å². The molecule has 44 heavy (non-hydrogen) atoms. The Morgan fingerprint density at radius 3 is 2.34 bits per heavy atom. The third-order valence-corrected chi connectivity index (χ3v) is 9.82. The van der Waals surface area contributed by atoms with Crippen molar-refractivity contribution < 1.29 is 14.3 Å². The van der Waals surface area contributed by atoms with Gasteiger partial charge in [-0.3, -0.25) is 14.6 Å². The van der Waals surface area contributed by atoms with Gasteiger partial charge in [-0.05, 0) is 75.9 Å². The first-order valence-electron chi connectivity index (χ1n) is 16.5. The van der Waals surface area contributed by atoms with Gasteiger partial charge >= 0.3 is 0 Å². The van der Waals surface area contributed by atoms with E-state index in [2.05, 4.69) is 50.2 Å². The second-order valence-electron chi connectivity index (χ2n) is 13.3.